The Morgan fingerprint density at radius 2 is 1.70 bits per heavy atom. The zero-order valence-corrected chi connectivity index (χ0v) is 16.3. The molecular formula is C21H25NO5. The van der Waals surface area contributed by atoms with Crippen molar-refractivity contribution < 1.29 is 23.7 Å². The molecule has 2 aromatic carbocycles. The van der Waals surface area contributed by atoms with Crippen LogP contribution >= 0.6 is 0 Å². The third-order valence-electron chi connectivity index (χ3n) is 4.54. The van der Waals surface area contributed by atoms with Gasteiger partial charge in [-0.2, -0.15) is 0 Å². The highest BCUT2D eigenvalue weighted by Crippen LogP contribution is 2.46. The number of rotatable bonds is 6. The Bertz CT molecular complexity index is 847. The molecule has 0 fully saturated rings. The number of hydrogen-bond donors (Lipinski definition) is 1. The van der Waals surface area contributed by atoms with Crippen LogP contribution in [-0.2, 0) is 4.79 Å². The maximum atomic E-state index is 12.3. The molecule has 1 unspecified atom stereocenters. The molecule has 2 aromatic rings. The van der Waals surface area contributed by atoms with Crippen molar-refractivity contribution in [3.8, 4) is 23.0 Å². The average molecular weight is 371 g/mol. The van der Waals surface area contributed by atoms with Crippen molar-refractivity contribution in [2.45, 2.75) is 32.3 Å². The smallest absolute Gasteiger partial charge is 0.225 e. The third kappa shape index (κ3) is 3.79. The number of fused-ring (bicyclic) bond motifs is 1. The predicted octanol–water partition coefficient (Wildman–Crippen LogP) is 3.97. The molecule has 144 valence electrons. The number of hydrogen-bond acceptors (Lipinski definition) is 5. The van der Waals surface area contributed by atoms with E-state index in [1.54, 1.807) is 21.3 Å². The van der Waals surface area contributed by atoms with Gasteiger partial charge < -0.3 is 24.3 Å². The van der Waals surface area contributed by atoms with Crippen LogP contribution < -0.4 is 24.3 Å². The molecule has 0 saturated carbocycles. The fourth-order valence-corrected chi connectivity index (χ4v) is 3.38. The molecule has 1 aliphatic rings. The fourth-order valence-electron chi connectivity index (χ4n) is 3.38. The van der Waals surface area contributed by atoms with E-state index >= 15 is 0 Å². The number of ether oxygens (including phenoxy) is 4. The number of carbonyl (C=O) groups excluding carboxylic acids is 1. The van der Waals surface area contributed by atoms with Gasteiger partial charge in [0.05, 0.1) is 33.1 Å². The molecule has 1 atom stereocenters. The fraction of sp³-hybridized carbons (Fsp3) is 0.381. The van der Waals surface area contributed by atoms with Crippen LogP contribution in [0.3, 0.4) is 0 Å². The molecule has 1 aliphatic heterocycles. The number of methoxy groups -OCH3 is 3. The minimum atomic E-state index is -0.156. The summed E-state index contributed by atoms with van der Waals surface area (Å²) in [4.78, 5) is 12.3. The van der Waals surface area contributed by atoms with Crippen molar-refractivity contribution in [1.29, 1.82) is 0 Å². The molecule has 3 rings (SSSR count). The molecule has 1 heterocycles. The lowest BCUT2D eigenvalue weighted by Gasteiger charge is -2.28. The van der Waals surface area contributed by atoms with E-state index in [0.29, 0.717) is 35.1 Å². The van der Waals surface area contributed by atoms with Gasteiger partial charge in [0.25, 0.3) is 0 Å². The summed E-state index contributed by atoms with van der Waals surface area (Å²) < 4.78 is 22.2. The monoisotopic (exact) mass is 371 g/mol. The lowest BCUT2D eigenvalue weighted by Crippen LogP contribution is -2.24. The van der Waals surface area contributed by atoms with Crippen LogP contribution in [0.5, 0.6) is 23.0 Å². The van der Waals surface area contributed by atoms with E-state index in [1.807, 2.05) is 44.2 Å². The first-order valence-electron chi connectivity index (χ1n) is 8.87. The minimum Gasteiger partial charge on any atom is -0.497 e. The van der Waals surface area contributed by atoms with E-state index in [4.69, 9.17) is 18.9 Å². The van der Waals surface area contributed by atoms with Gasteiger partial charge in [-0.3, -0.25) is 4.79 Å². The Kier molecular flexibility index (Phi) is 5.44. The van der Waals surface area contributed by atoms with E-state index in [0.717, 1.165) is 11.1 Å². The van der Waals surface area contributed by atoms with Crippen LogP contribution in [0, 0.1) is 0 Å². The summed E-state index contributed by atoms with van der Waals surface area (Å²) in [7, 11) is 4.81. The number of anilines is 1. The van der Waals surface area contributed by atoms with Gasteiger partial charge in [-0.1, -0.05) is 6.07 Å². The van der Waals surface area contributed by atoms with Gasteiger partial charge in [-0.15, -0.1) is 0 Å². The number of benzene rings is 2. The summed E-state index contributed by atoms with van der Waals surface area (Å²) in [6, 6.07) is 9.42. The van der Waals surface area contributed by atoms with E-state index in [-0.39, 0.29) is 17.9 Å². The maximum Gasteiger partial charge on any atom is 0.225 e. The Labute approximate surface area is 159 Å². The van der Waals surface area contributed by atoms with Gasteiger partial charge in [0.2, 0.25) is 5.91 Å². The van der Waals surface area contributed by atoms with Crippen LogP contribution in [0.25, 0.3) is 0 Å². The largest absolute Gasteiger partial charge is 0.497 e. The molecule has 6 nitrogen and oxygen atoms in total. The van der Waals surface area contributed by atoms with Crippen molar-refractivity contribution >= 4 is 11.6 Å². The van der Waals surface area contributed by atoms with Gasteiger partial charge in [0.15, 0.2) is 11.5 Å². The summed E-state index contributed by atoms with van der Waals surface area (Å²) in [6.07, 6.45) is 0.363. The van der Waals surface area contributed by atoms with Crippen molar-refractivity contribution in [1.82, 2.24) is 0 Å². The highest BCUT2D eigenvalue weighted by Gasteiger charge is 2.31. The van der Waals surface area contributed by atoms with E-state index in [9.17, 15) is 4.79 Å². The molecule has 1 amide bonds. The van der Waals surface area contributed by atoms with Gasteiger partial charge in [-0.25, -0.2) is 0 Å². The van der Waals surface area contributed by atoms with E-state index < -0.39 is 0 Å². The first kappa shape index (κ1) is 18.9. The topological polar surface area (TPSA) is 66.0 Å². The lowest BCUT2D eigenvalue weighted by atomic mass is 9.84. The molecule has 0 aliphatic carbocycles. The Morgan fingerprint density at radius 3 is 2.33 bits per heavy atom. The van der Waals surface area contributed by atoms with E-state index in [2.05, 4.69) is 5.32 Å². The zero-order chi connectivity index (χ0) is 19.6. The normalized spacial score (nSPS) is 15.8. The Morgan fingerprint density at radius 1 is 0.963 bits per heavy atom. The summed E-state index contributed by atoms with van der Waals surface area (Å²) in [6.45, 7) is 3.93. The van der Waals surface area contributed by atoms with Crippen LogP contribution in [0.15, 0.2) is 30.3 Å². The van der Waals surface area contributed by atoms with Crippen LogP contribution in [0.2, 0.25) is 0 Å². The molecule has 6 heteroatoms. The highest BCUT2D eigenvalue weighted by molar-refractivity contribution is 5.96. The summed E-state index contributed by atoms with van der Waals surface area (Å²) in [5.74, 6) is 2.42. The lowest BCUT2D eigenvalue weighted by molar-refractivity contribution is -0.116. The molecule has 1 N–H and O–H groups in total. The average Bonchev–Trinajstić information content (AvgIpc) is 2.66. The standard InChI is InChI=1S/C21H25NO5/c1-12(2)27-17-7-6-13(8-18(17)25-4)15-11-20(23)22-16-9-14(24-3)10-19(26-5)21(15)16/h6-10,12,15H,11H2,1-5H3,(H,22,23). The number of nitrogens with one attached hydrogen (secondary N) is 1. The maximum absolute atomic E-state index is 12.3. The first-order chi connectivity index (χ1) is 13.0. The second-order valence-corrected chi connectivity index (χ2v) is 6.67. The molecule has 0 spiro atoms. The molecule has 27 heavy (non-hydrogen) atoms. The van der Waals surface area contributed by atoms with Crippen molar-refractivity contribution in [3.05, 3.63) is 41.5 Å². The first-order valence-corrected chi connectivity index (χ1v) is 8.87. The quantitative estimate of drug-likeness (QED) is 0.832. The summed E-state index contributed by atoms with van der Waals surface area (Å²) >= 11 is 0. The molecular weight excluding hydrogens is 346 g/mol. The van der Waals surface area contributed by atoms with Gasteiger partial charge >= 0.3 is 0 Å². The zero-order valence-electron chi connectivity index (χ0n) is 16.3. The van der Waals surface area contributed by atoms with Crippen LogP contribution in [0.1, 0.15) is 37.3 Å². The highest BCUT2D eigenvalue weighted by atomic mass is 16.5. The number of carbonyl (C=O) groups is 1. The molecule has 0 radical (unpaired) electrons. The minimum absolute atomic E-state index is 0.0403. The van der Waals surface area contributed by atoms with Crippen LogP contribution in [-0.4, -0.2) is 33.3 Å². The van der Waals surface area contributed by atoms with Crippen LogP contribution in [0.4, 0.5) is 5.69 Å². The molecule has 0 bridgehead atoms. The second kappa shape index (κ2) is 7.78. The van der Waals surface area contributed by atoms with Crippen molar-refractivity contribution in [3.63, 3.8) is 0 Å². The molecule has 0 aromatic heterocycles. The van der Waals surface area contributed by atoms with Crippen molar-refractivity contribution in [2.75, 3.05) is 26.6 Å². The summed E-state index contributed by atoms with van der Waals surface area (Å²) in [5, 5.41) is 2.92. The van der Waals surface area contributed by atoms with E-state index in [1.165, 1.54) is 0 Å². The van der Waals surface area contributed by atoms with Crippen molar-refractivity contribution in [2.24, 2.45) is 0 Å². The number of amides is 1. The molecule has 0 saturated heterocycles. The summed E-state index contributed by atoms with van der Waals surface area (Å²) in [5.41, 5.74) is 2.59. The third-order valence-corrected chi connectivity index (χ3v) is 4.54. The predicted molar refractivity (Wildman–Crippen MR) is 103 cm³/mol. The van der Waals surface area contributed by atoms with Gasteiger partial charge in [0.1, 0.15) is 11.5 Å². The Balaban J connectivity index is 2.09. The second-order valence-electron chi connectivity index (χ2n) is 6.67. The van der Waals surface area contributed by atoms with Gasteiger partial charge in [0, 0.05) is 30.0 Å². The SMILES string of the molecule is COc1cc2c(c(OC)c1)C(c1ccc(OC(C)C)c(OC)c1)CC(=O)N2. The Hall–Kier alpha value is -2.89. The van der Waals surface area contributed by atoms with Gasteiger partial charge in [-0.05, 0) is 31.5 Å².